The molecule has 3 aromatic heterocycles. The molecular weight excluding hydrogens is 726 g/mol. The molecule has 6 aromatic carbocycles. The van der Waals surface area contributed by atoms with E-state index in [2.05, 4.69) is 105 Å². The Morgan fingerprint density at radius 3 is 1.84 bits per heavy atom. The number of aromatic nitrogens is 3. The number of hydrogen-bond acceptors (Lipinski definition) is 3. The fraction of sp³-hybridized carbons (Fsp3) is 0.0980. The van der Waals surface area contributed by atoms with Crippen molar-refractivity contribution in [3.63, 3.8) is 0 Å². The highest BCUT2D eigenvalue weighted by atomic mass is 19.4. The fourth-order valence-electron chi connectivity index (χ4n) is 7.67. The predicted octanol–water partition coefficient (Wildman–Crippen LogP) is 14.4. The number of hydrogen-bond donors (Lipinski definition) is 0. The molecule has 0 aliphatic carbocycles. The van der Waals surface area contributed by atoms with Crippen molar-refractivity contribution in [3.8, 4) is 39.3 Å². The maximum absolute atomic E-state index is 13.5. The van der Waals surface area contributed by atoms with Crippen LogP contribution in [0.2, 0.25) is 0 Å². The van der Waals surface area contributed by atoms with Gasteiger partial charge in [-0.25, -0.2) is 0 Å². The van der Waals surface area contributed by atoms with Crippen molar-refractivity contribution in [2.24, 2.45) is 0 Å². The third-order valence-electron chi connectivity index (χ3n) is 10.6. The first-order valence-electron chi connectivity index (χ1n) is 19.2. The van der Waals surface area contributed by atoms with Crippen molar-refractivity contribution in [3.05, 3.63) is 193 Å². The van der Waals surface area contributed by atoms with Crippen molar-refractivity contribution in [1.29, 1.82) is 0 Å². The molecule has 284 valence electrons. The lowest BCUT2D eigenvalue weighted by Crippen LogP contribution is -2.12. The highest BCUT2D eigenvalue weighted by molar-refractivity contribution is 6.09. The topological polar surface area (TPSA) is 34.0 Å². The van der Waals surface area contributed by atoms with Crippen LogP contribution in [0, 0.1) is 0 Å². The van der Waals surface area contributed by atoms with E-state index in [1.807, 2.05) is 83.7 Å². The number of rotatable bonds is 7. The minimum absolute atomic E-state index is 0.0444. The number of benzene rings is 6. The van der Waals surface area contributed by atoms with Gasteiger partial charge < -0.3 is 9.47 Å². The van der Waals surface area contributed by atoms with Crippen molar-refractivity contribution in [1.82, 2.24) is 14.5 Å². The van der Waals surface area contributed by atoms with Gasteiger partial charge in [0.05, 0.1) is 28.0 Å². The summed E-state index contributed by atoms with van der Waals surface area (Å²) in [5, 5.41) is 1.88. The monoisotopic (exact) mass is 764 g/mol. The van der Waals surface area contributed by atoms with Crippen LogP contribution in [-0.4, -0.2) is 14.5 Å². The number of alkyl halides is 3. The zero-order chi connectivity index (χ0) is 40.0. The Labute approximate surface area is 335 Å². The quantitative estimate of drug-likeness (QED) is 0.162. The molecule has 9 aromatic rings. The highest BCUT2D eigenvalue weighted by Gasteiger charge is 2.30. The lowest BCUT2D eigenvalue weighted by Gasteiger charge is -2.27. The molecule has 0 amide bonds. The van der Waals surface area contributed by atoms with Gasteiger partial charge in [-0.1, -0.05) is 99.6 Å². The third kappa shape index (κ3) is 7.00. The van der Waals surface area contributed by atoms with Crippen LogP contribution in [0.3, 0.4) is 0 Å². The average Bonchev–Trinajstić information content (AvgIpc) is 3.58. The van der Waals surface area contributed by atoms with Gasteiger partial charge in [0, 0.05) is 57.0 Å². The zero-order valence-electron chi connectivity index (χ0n) is 32.2. The summed E-state index contributed by atoms with van der Waals surface area (Å²) in [6.45, 7) is 6.63. The maximum Gasteiger partial charge on any atom is 0.416 e. The molecule has 0 saturated heterocycles. The number of pyridine rings is 2. The molecule has 0 N–H and O–H groups in total. The second-order valence-electron chi connectivity index (χ2n) is 15.5. The van der Waals surface area contributed by atoms with E-state index in [-0.39, 0.29) is 5.41 Å². The largest absolute Gasteiger partial charge is 0.416 e. The molecule has 0 aliphatic rings. The first kappa shape index (κ1) is 36.6. The molecule has 0 saturated carbocycles. The Morgan fingerprint density at radius 1 is 0.466 bits per heavy atom. The lowest BCUT2D eigenvalue weighted by molar-refractivity contribution is -0.137. The minimum atomic E-state index is -4.42. The maximum atomic E-state index is 13.5. The summed E-state index contributed by atoms with van der Waals surface area (Å²) < 4.78 is 42.6. The van der Waals surface area contributed by atoms with Crippen LogP contribution in [0.1, 0.15) is 31.9 Å². The van der Waals surface area contributed by atoms with E-state index < -0.39 is 11.7 Å². The molecule has 0 atom stereocenters. The first-order valence-corrected chi connectivity index (χ1v) is 19.2. The zero-order valence-corrected chi connectivity index (χ0v) is 32.2. The van der Waals surface area contributed by atoms with Crippen LogP contribution < -0.4 is 4.90 Å². The van der Waals surface area contributed by atoms with Gasteiger partial charge in [-0.3, -0.25) is 9.97 Å². The smallest absolute Gasteiger partial charge is 0.310 e. The predicted molar refractivity (Wildman–Crippen MR) is 231 cm³/mol. The summed E-state index contributed by atoms with van der Waals surface area (Å²) in [6.07, 6.45) is -0.665. The Bertz CT molecular complexity index is 2910. The summed E-state index contributed by atoms with van der Waals surface area (Å²) in [6, 6.07) is 55.2. The van der Waals surface area contributed by atoms with Gasteiger partial charge in [-0.2, -0.15) is 13.2 Å². The van der Waals surface area contributed by atoms with Crippen LogP contribution in [0.5, 0.6) is 0 Å². The van der Waals surface area contributed by atoms with E-state index >= 15 is 0 Å². The number of para-hydroxylation sites is 2. The second kappa shape index (κ2) is 14.5. The van der Waals surface area contributed by atoms with Crippen molar-refractivity contribution in [2.45, 2.75) is 32.4 Å². The highest BCUT2D eigenvalue weighted by Crippen LogP contribution is 2.42. The molecule has 0 bridgehead atoms. The minimum Gasteiger partial charge on any atom is -0.310 e. The molecule has 4 nitrogen and oxygen atoms in total. The molecule has 0 fully saturated rings. The van der Waals surface area contributed by atoms with Gasteiger partial charge in [-0.15, -0.1) is 0 Å². The number of nitrogens with zero attached hydrogens (tertiary/aromatic N) is 4. The number of halogens is 3. The summed E-state index contributed by atoms with van der Waals surface area (Å²) in [5.74, 6) is 0. The molecule has 7 heteroatoms. The Morgan fingerprint density at radius 2 is 1.10 bits per heavy atom. The normalized spacial score (nSPS) is 12.0. The molecule has 58 heavy (non-hydrogen) atoms. The molecule has 3 heterocycles. The molecule has 0 aliphatic heterocycles. The Hall–Kier alpha value is -6.99. The van der Waals surface area contributed by atoms with Crippen molar-refractivity contribution < 1.29 is 13.2 Å². The van der Waals surface area contributed by atoms with E-state index in [9.17, 15) is 13.2 Å². The van der Waals surface area contributed by atoms with Crippen LogP contribution in [0.25, 0.3) is 61.1 Å². The lowest BCUT2D eigenvalue weighted by atomic mass is 9.86. The van der Waals surface area contributed by atoms with Crippen LogP contribution in [-0.2, 0) is 11.6 Å². The van der Waals surface area contributed by atoms with E-state index in [1.54, 1.807) is 0 Å². The van der Waals surface area contributed by atoms with Crippen LogP contribution in [0.4, 0.5) is 30.2 Å². The number of anilines is 3. The molecular formula is C51H39F3N4. The SMILES string of the molecule is CC(C)(C)c1ccnc(-c2cc(-c3ccccc3)cc(N(c3ccccc3)c3cccc(-c4cc5c(cn4)c4ccccc4n5-c4ccc(C(F)(F)F)cc4)c3)c2)c1. The van der Waals surface area contributed by atoms with Crippen molar-refractivity contribution >= 4 is 38.9 Å². The van der Waals surface area contributed by atoms with Gasteiger partial charge in [0.1, 0.15) is 0 Å². The first-order chi connectivity index (χ1) is 28.0. The van der Waals surface area contributed by atoms with Gasteiger partial charge in [0.15, 0.2) is 0 Å². The van der Waals surface area contributed by atoms with E-state index in [0.717, 1.165) is 84.6 Å². The van der Waals surface area contributed by atoms with Crippen molar-refractivity contribution in [2.75, 3.05) is 4.90 Å². The molecule has 0 spiro atoms. The summed E-state index contributed by atoms with van der Waals surface area (Å²) in [7, 11) is 0. The summed E-state index contributed by atoms with van der Waals surface area (Å²) >= 11 is 0. The van der Waals surface area contributed by atoms with Gasteiger partial charge in [0.2, 0.25) is 0 Å². The molecule has 9 rings (SSSR count). The van der Waals surface area contributed by atoms with E-state index in [1.165, 1.54) is 17.7 Å². The fourth-order valence-corrected chi connectivity index (χ4v) is 7.67. The van der Waals surface area contributed by atoms with E-state index in [4.69, 9.17) is 9.97 Å². The van der Waals surface area contributed by atoms with Gasteiger partial charge >= 0.3 is 6.18 Å². The molecule has 0 unspecified atom stereocenters. The summed E-state index contributed by atoms with van der Waals surface area (Å²) in [5.41, 5.74) is 11.4. The van der Waals surface area contributed by atoms with Gasteiger partial charge in [0.25, 0.3) is 0 Å². The van der Waals surface area contributed by atoms with Crippen LogP contribution >= 0.6 is 0 Å². The number of fused-ring (bicyclic) bond motifs is 3. The van der Waals surface area contributed by atoms with Crippen LogP contribution in [0.15, 0.2) is 182 Å². The average molecular weight is 765 g/mol. The Kier molecular flexibility index (Phi) is 9.16. The Balaban J connectivity index is 1.20. The standard InChI is InChI=1S/C51H39F3N4/c1-50(2,3)39-25-26-55-46(31-39)37-27-36(34-13-6-4-7-14-34)29-43(30-37)57(40-16-8-5-9-17-40)42-18-12-15-35(28-42)47-32-49-45(33-56-47)44-19-10-11-20-48(44)58(49)41-23-21-38(22-24-41)51(52,53)54/h4-33H,1-3H3. The van der Waals surface area contributed by atoms with E-state index in [0.29, 0.717) is 5.69 Å². The third-order valence-corrected chi connectivity index (χ3v) is 10.6. The molecule has 0 radical (unpaired) electrons. The summed E-state index contributed by atoms with van der Waals surface area (Å²) in [4.78, 5) is 12.1. The second-order valence-corrected chi connectivity index (χ2v) is 15.5. The van der Waals surface area contributed by atoms with Gasteiger partial charge in [-0.05, 0) is 113 Å².